The summed E-state index contributed by atoms with van der Waals surface area (Å²) >= 11 is 5.88. The van der Waals surface area contributed by atoms with Crippen molar-refractivity contribution in [2.45, 2.75) is 55.6 Å². The van der Waals surface area contributed by atoms with E-state index in [0.29, 0.717) is 11.6 Å². The van der Waals surface area contributed by atoms with E-state index >= 15 is 0 Å². The number of rotatable bonds is 3. The highest BCUT2D eigenvalue weighted by atomic mass is 35.5. The van der Waals surface area contributed by atoms with Crippen LogP contribution in [0, 0.1) is 5.92 Å². The number of halogens is 1. The molecule has 1 aliphatic carbocycles. The van der Waals surface area contributed by atoms with E-state index in [0.717, 1.165) is 38.5 Å². The smallest absolute Gasteiger partial charge is 0.244 e. The van der Waals surface area contributed by atoms with E-state index in [1.54, 1.807) is 4.31 Å². The summed E-state index contributed by atoms with van der Waals surface area (Å²) in [5.74, 6) is 0.0400. The van der Waals surface area contributed by atoms with Gasteiger partial charge in [0.15, 0.2) is 0 Å². The Morgan fingerprint density at radius 1 is 1.18 bits per heavy atom. The van der Waals surface area contributed by atoms with Gasteiger partial charge < -0.3 is 5.11 Å². The van der Waals surface area contributed by atoms with E-state index in [1.165, 1.54) is 18.5 Å². The van der Waals surface area contributed by atoms with Crippen LogP contribution in [0.1, 0.15) is 38.5 Å². The molecule has 1 saturated carbocycles. The molecule has 22 heavy (non-hydrogen) atoms. The quantitative estimate of drug-likeness (QED) is 0.914. The maximum absolute atomic E-state index is 12.9. The molecule has 122 valence electrons. The maximum atomic E-state index is 12.9. The summed E-state index contributed by atoms with van der Waals surface area (Å²) in [5.41, 5.74) is 0. The Balaban J connectivity index is 1.89. The van der Waals surface area contributed by atoms with Gasteiger partial charge in [-0.1, -0.05) is 24.4 Å². The average molecular weight is 345 g/mol. The molecule has 1 aromatic rings. The summed E-state index contributed by atoms with van der Waals surface area (Å²) in [5, 5.41) is 10.6. The molecule has 0 spiro atoms. The highest BCUT2D eigenvalue weighted by Crippen LogP contribution is 2.37. The molecular weight excluding hydrogens is 324 g/mol. The Kier molecular flexibility index (Phi) is 4.73. The zero-order valence-corrected chi connectivity index (χ0v) is 13.9. The molecule has 1 saturated heterocycles. The number of hydrogen-bond donors (Lipinski definition) is 1. The van der Waals surface area contributed by atoms with Crippen LogP contribution in [0.4, 0.5) is 0 Å². The van der Waals surface area contributed by atoms with Gasteiger partial charge in [-0.25, -0.2) is 8.42 Å². The second kappa shape index (κ2) is 6.43. The van der Waals surface area contributed by atoms with Crippen LogP contribution < -0.4 is 0 Å². The minimum Gasteiger partial charge on any atom is -0.393 e. The molecule has 2 fully saturated rings. The molecule has 1 aliphatic heterocycles. The number of aliphatic hydroxyl groups is 1. The topological polar surface area (TPSA) is 70.5 Å². The molecule has 1 aromatic heterocycles. The summed E-state index contributed by atoms with van der Waals surface area (Å²) in [6, 6.07) is 1.33. The number of pyridine rings is 1. The first kappa shape index (κ1) is 16.2. The summed E-state index contributed by atoms with van der Waals surface area (Å²) in [6.45, 7) is 0.503. The SMILES string of the molecule is O=S(=O)(c1cncc(Cl)c1)N1CCC[C@@H]1[C@H]1CCCC[C@@H]1O. The highest BCUT2D eigenvalue weighted by Gasteiger charge is 2.42. The third-order valence-electron chi connectivity index (χ3n) is 4.81. The fourth-order valence-electron chi connectivity index (χ4n) is 3.75. The van der Waals surface area contributed by atoms with E-state index in [2.05, 4.69) is 4.98 Å². The van der Waals surface area contributed by atoms with Gasteiger partial charge in [-0.15, -0.1) is 0 Å². The molecule has 2 heterocycles. The normalized spacial score (nSPS) is 30.5. The van der Waals surface area contributed by atoms with Crippen molar-refractivity contribution in [3.05, 3.63) is 23.5 Å². The second-order valence-electron chi connectivity index (χ2n) is 6.18. The molecule has 0 unspecified atom stereocenters. The molecule has 2 aliphatic rings. The summed E-state index contributed by atoms with van der Waals surface area (Å²) in [4.78, 5) is 4.02. The lowest BCUT2D eigenvalue weighted by molar-refractivity contribution is 0.0386. The molecule has 3 atom stereocenters. The van der Waals surface area contributed by atoms with Gasteiger partial charge in [-0.3, -0.25) is 4.98 Å². The number of nitrogens with zero attached hydrogens (tertiary/aromatic N) is 2. The van der Waals surface area contributed by atoms with Crippen molar-refractivity contribution in [3.63, 3.8) is 0 Å². The lowest BCUT2D eigenvalue weighted by Crippen LogP contribution is -2.45. The predicted molar refractivity (Wildman–Crippen MR) is 84.1 cm³/mol. The number of aromatic nitrogens is 1. The standard InChI is InChI=1S/C15H21ClN2O3S/c16-11-8-12(10-17-9-11)22(20,21)18-7-3-5-14(18)13-4-1-2-6-15(13)19/h8-10,13-15,19H,1-7H2/t13-,14-,15+/m1/s1. The Hall–Kier alpha value is -0.690. The minimum absolute atomic E-state index is 0.0400. The number of aliphatic hydroxyl groups excluding tert-OH is 1. The van der Waals surface area contributed by atoms with Gasteiger partial charge in [0.05, 0.1) is 11.1 Å². The molecule has 0 aromatic carbocycles. The van der Waals surface area contributed by atoms with E-state index in [-0.39, 0.29) is 16.9 Å². The number of sulfonamides is 1. The minimum atomic E-state index is -3.61. The van der Waals surface area contributed by atoms with Gasteiger partial charge in [-0.2, -0.15) is 4.31 Å². The van der Waals surface area contributed by atoms with Crippen molar-refractivity contribution >= 4 is 21.6 Å². The summed E-state index contributed by atoms with van der Waals surface area (Å²) in [6.07, 6.45) is 7.77. The van der Waals surface area contributed by atoms with Crippen molar-refractivity contribution in [2.24, 2.45) is 5.92 Å². The fraction of sp³-hybridized carbons (Fsp3) is 0.667. The molecule has 0 radical (unpaired) electrons. The van der Waals surface area contributed by atoms with Crippen molar-refractivity contribution in [3.8, 4) is 0 Å². The fourth-order valence-corrected chi connectivity index (χ4v) is 5.72. The summed E-state index contributed by atoms with van der Waals surface area (Å²) < 4.78 is 27.3. The lowest BCUT2D eigenvalue weighted by atomic mass is 9.81. The second-order valence-corrected chi connectivity index (χ2v) is 8.51. The molecule has 5 nitrogen and oxygen atoms in total. The number of hydrogen-bond acceptors (Lipinski definition) is 4. The Labute approximate surface area is 136 Å². The van der Waals surface area contributed by atoms with Gasteiger partial charge in [0.1, 0.15) is 4.90 Å². The molecular formula is C15H21ClN2O3S. The monoisotopic (exact) mass is 344 g/mol. The molecule has 0 amide bonds. The molecule has 3 rings (SSSR count). The van der Waals surface area contributed by atoms with Gasteiger partial charge in [0.25, 0.3) is 0 Å². The van der Waals surface area contributed by atoms with Gasteiger partial charge >= 0.3 is 0 Å². The van der Waals surface area contributed by atoms with Crippen LogP contribution in [0.3, 0.4) is 0 Å². The van der Waals surface area contributed by atoms with E-state index in [1.807, 2.05) is 0 Å². The van der Waals surface area contributed by atoms with Gasteiger partial charge in [-0.05, 0) is 31.7 Å². The molecule has 7 heteroatoms. The van der Waals surface area contributed by atoms with E-state index in [4.69, 9.17) is 11.6 Å². The first-order chi connectivity index (χ1) is 10.5. The Bertz CT molecular complexity index is 637. The summed E-state index contributed by atoms with van der Waals surface area (Å²) in [7, 11) is -3.61. The largest absolute Gasteiger partial charge is 0.393 e. The maximum Gasteiger partial charge on any atom is 0.244 e. The van der Waals surface area contributed by atoms with Crippen molar-refractivity contribution in [1.82, 2.24) is 9.29 Å². The Morgan fingerprint density at radius 3 is 2.68 bits per heavy atom. The van der Waals surface area contributed by atoms with Crippen molar-refractivity contribution < 1.29 is 13.5 Å². The lowest BCUT2D eigenvalue weighted by Gasteiger charge is -2.36. The van der Waals surface area contributed by atoms with Crippen LogP contribution >= 0.6 is 11.6 Å². The van der Waals surface area contributed by atoms with Crippen LogP contribution in [-0.2, 0) is 10.0 Å². The van der Waals surface area contributed by atoms with Crippen molar-refractivity contribution in [2.75, 3.05) is 6.54 Å². The zero-order valence-electron chi connectivity index (χ0n) is 12.4. The van der Waals surface area contributed by atoms with Crippen LogP contribution in [0.5, 0.6) is 0 Å². The molecule has 1 N–H and O–H groups in total. The van der Waals surface area contributed by atoms with Crippen LogP contribution in [0.2, 0.25) is 5.02 Å². The van der Waals surface area contributed by atoms with Gasteiger partial charge in [0, 0.05) is 30.9 Å². The Morgan fingerprint density at radius 2 is 1.95 bits per heavy atom. The van der Waals surface area contributed by atoms with E-state index < -0.39 is 16.1 Å². The van der Waals surface area contributed by atoms with Crippen LogP contribution in [0.25, 0.3) is 0 Å². The van der Waals surface area contributed by atoms with Gasteiger partial charge in [0.2, 0.25) is 10.0 Å². The molecule has 0 bridgehead atoms. The first-order valence-electron chi connectivity index (χ1n) is 7.80. The van der Waals surface area contributed by atoms with Crippen molar-refractivity contribution in [1.29, 1.82) is 0 Å². The van der Waals surface area contributed by atoms with Crippen LogP contribution in [-0.4, -0.2) is 41.5 Å². The zero-order chi connectivity index (χ0) is 15.7. The third kappa shape index (κ3) is 3.02. The average Bonchev–Trinajstić information content (AvgIpc) is 2.98. The predicted octanol–water partition coefficient (Wildman–Crippen LogP) is 2.44. The first-order valence-corrected chi connectivity index (χ1v) is 9.62. The van der Waals surface area contributed by atoms with Crippen LogP contribution in [0.15, 0.2) is 23.4 Å². The van der Waals surface area contributed by atoms with E-state index in [9.17, 15) is 13.5 Å². The highest BCUT2D eigenvalue weighted by molar-refractivity contribution is 7.89. The third-order valence-corrected chi connectivity index (χ3v) is 6.91.